The van der Waals surface area contributed by atoms with Gasteiger partial charge in [0.2, 0.25) is 0 Å². The number of hydrogen-bond acceptors (Lipinski definition) is 5. The number of hydrogen-bond donors (Lipinski definition) is 0. The Morgan fingerprint density at radius 1 is 1.33 bits per heavy atom. The Morgan fingerprint density at radius 3 is 2.93 bits per heavy atom. The van der Waals surface area contributed by atoms with Crippen molar-refractivity contribution < 1.29 is 13.9 Å². The number of piperidine rings is 1. The number of rotatable bonds is 5. The number of furan rings is 1. The van der Waals surface area contributed by atoms with Gasteiger partial charge in [-0.05, 0) is 37.8 Å². The molecule has 0 radical (unpaired) electrons. The highest BCUT2D eigenvalue weighted by Crippen LogP contribution is 2.26. The van der Waals surface area contributed by atoms with E-state index in [9.17, 15) is 4.79 Å². The molecular formula is C21H27N3O3. The number of anilines is 1. The molecule has 2 aromatic heterocycles. The molecule has 0 N–H and O–H groups in total. The Bertz CT molecular complexity index is 766. The molecule has 0 saturated carbocycles. The van der Waals surface area contributed by atoms with Crippen LogP contribution in [0.5, 0.6) is 0 Å². The molecule has 2 aromatic rings. The van der Waals surface area contributed by atoms with Gasteiger partial charge in [-0.3, -0.25) is 4.79 Å². The van der Waals surface area contributed by atoms with E-state index in [1.54, 1.807) is 6.26 Å². The Kier molecular flexibility index (Phi) is 5.43. The number of aromatic nitrogens is 1. The first-order valence-electron chi connectivity index (χ1n) is 9.88. The fourth-order valence-electron chi connectivity index (χ4n) is 4.05. The van der Waals surface area contributed by atoms with Crippen molar-refractivity contribution in [3.05, 3.63) is 47.5 Å². The number of amides is 1. The van der Waals surface area contributed by atoms with Gasteiger partial charge >= 0.3 is 0 Å². The predicted molar refractivity (Wildman–Crippen MR) is 103 cm³/mol. The maximum atomic E-state index is 13.0. The predicted octanol–water partition coefficient (Wildman–Crippen LogP) is 3.13. The normalized spacial score (nSPS) is 17.6. The summed E-state index contributed by atoms with van der Waals surface area (Å²) in [5, 5.41) is 0. The Labute approximate surface area is 160 Å². The molecule has 0 aromatic carbocycles. The molecule has 0 unspecified atom stereocenters. The molecule has 144 valence electrons. The van der Waals surface area contributed by atoms with Crippen molar-refractivity contribution in [1.82, 2.24) is 9.88 Å². The molecule has 1 fully saturated rings. The lowest BCUT2D eigenvalue weighted by atomic mass is 9.95. The third-order valence-corrected chi connectivity index (χ3v) is 5.66. The van der Waals surface area contributed by atoms with Gasteiger partial charge in [-0.2, -0.15) is 0 Å². The standard InChI is InChI=1S/C21H27N3O3/c1-2-23(21(25)20-18-8-12-26-14-17(18)15-27-20)13-16-6-10-24(11-7-16)19-5-3-4-9-22-19/h3-5,9,15-16H,2,6-8,10-14H2,1H3. The quantitative estimate of drug-likeness (QED) is 0.810. The minimum atomic E-state index is 0.0211. The van der Waals surface area contributed by atoms with Crippen molar-refractivity contribution in [2.75, 3.05) is 37.7 Å². The Balaban J connectivity index is 1.37. The van der Waals surface area contributed by atoms with Gasteiger partial charge in [0.15, 0.2) is 5.76 Å². The van der Waals surface area contributed by atoms with Crippen LogP contribution in [0.3, 0.4) is 0 Å². The highest BCUT2D eigenvalue weighted by atomic mass is 16.5. The molecular weight excluding hydrogens is 342 g/mol. The number of fused-ring (bicyclic) bond motifs is 1. The van der Waals surface area contributed by atoms with Crippen LogP contribution in [0.4, 0.5) is 5.82 Å². The smallest absolute Gasteiger partial charge is 0.289 e. The van der Waals surface area contributed by atoms with E-state index in [-0.39, 0.29) is 5.91 Å². The van der Waals surface area contributed by atoms with Crippen LogP contribution >= 0.6 is 0 Å². The van der Waals surface area contributed by atoms with E-state index in [0.717, 1.165) is 55.8 Å². The number of nitrogens with zero attached hydrogens (tertiary/aromatic N) is 3. The van der Waals surface area contributed by atoms with E-state index >= 15 is 0 Å². The van der Waals surface area contributed by atoms with Crippen LogP contribution in [-0.4, -0.2) is 48.6 Å². The van der Waals surface area contributed by atoms with Crippen LogP contribution < -0.4 is 4.90 Å². The molecule has 6 nitrogen and oxygen atoms in total. The summed E-state index contributed by atoms with van der Waals surface area (Å²) >= 11 is 0. The van der Waals surface area contributed by atoms with E-state index in [1.807, 2.05) is 30.2 Å². The van der Waals surface area contributed by atoms with E-state index in [0.29, 0.717) is 31.4 Å². The fourth-order valence-corrected chi connectivity index (χ4v) is 4.05. The van der Waals surface area contributed by atoms with Gasteiger partial charge in [0.05, 0.1) is 19.5 Å². The monoisotopic (exact) mass is 369 g/mol. The van der Waals surface area contributed by atoms with Gasteiger partial charge in [-0.1, -0.05) is 6.07 Å². The SMILES string of the molecule is CCN(CC1CCN(c2ccccn2)CC1)C(=O)c1occ2c1CCOC2. The van der Waals surface area contributed by atoms with Crippen molar-refractivity contribution in [3.63, 3.8) is 0 Å². The second-order valence-corrected chi connectivity index (χ2v) is 7.33. The zero-order chi connectivity index (χ0) is 18.6. The summed E-state index contributed by atoms with van der Waals surface area (Å²) in [6.07, 6.45) is 6.43. The molecule has 0 spiro atoms. The van der Waals surface area contributed by atoms with Crippen LogP contribution in [0.15, 0.2) is 35.1 Å². The van der Waals surface area contributed by atoms with E-state index in [2.05, 4.69) is 16.0 Å². The lowest BCUT2D eigenvalue weighted by Crippen LogP contribution is -2.41. The van der Waals surface area contributed by atoms with Gasteiger partial charge in [0.1, 0.15) is 5.82 Å². The minimum Gasteiger partial charge on any atom is -0.458 e. The molecule has 4 heterocycles. The molecule has 2 aliphatic heterocycles. The Hall–Kier alpha value is -2.34. The summed E-state index contributed by atoms with van der Waals surface area (Å²) in [4.78, 5) is 21.8. The first-order chi connectivity index (χ1) is 13.3. The number of carbonyl (C=O) groups excluding carboxylic acids is 1. The molecule has 27 heavy (non-hydrogen) atoms. The molecule has 0 bridgehead atoms. The topological polar surface area (TPSA) is 58.8 Å². The lowest BCUT2D eigenvalue weighted by Gasteiger charge is -2.35. The van der Waals surface area contributed by atoms with Gasteiger partial charge in [-0.15, -0.1) is 0 Å². The highest BCUT2D eigenvalue weighted by Gasteiger charge is 2.28. The average Bonchev–Trinajstić information content (AvgIpc) is 3.17. The van der Waals surface area contributed by atoms with Crippen LogP contribution in [0.25, 0.3) is 0 Å². The van der Waals surface area contributed by atoms with Crippen LogP contribution in [0.2, 0.25) is 0 Å². The van der Waals surface area contributed by atoms with Crippen molar-refractivity contribution in [3.8, 4) is 0 Å². The summed E-state index contributed by atoms with van der Waals surface area (Å²) in [7, 11) is 0. The van der Waals surface area contributed by atoms with E-state index < -0.39 is 0 Å². The maximum absolute atomic E-state index is 13.0. The first-order valence-corrected chi connectivity index (χ1v) is 9.88. The van der Waals surface area contributed by atoms with Crippen LogP contribution in [0, 0.1) is 5.92 Å². The molecule has 6 heteroatoms. The van der Waals surface area contributed by atoms with Crippen molar-refractivity contribution in [2.45, 2.75) is 32.8 Å². The molecule has 2 aliphatic rings. The zero-order valence-corrected chi connectivity index (χ0v) is 15.9. The molecule has 1 amide bonds. The summed E-state index contributed by atoms with van der Waals surface area (Å²) in [5.74, 6) is 2.10. The summed E-state index contributed by atoms with van der Waals surface area (Å²) in [6, 6.07) is 6.04. The van der Waals surface area contributed by atoms with E-state index in [4.69, 9.17) is 9.15 Å². The van der Waals surface area contributed by atoms with Crippen LogP contribution in [-0.2, 0) is 17.8 Å². The van der Waals surface area contributed by atoms with Crippen LogP contribution in [0.1, 0.15) is 41.4 Å². The summed E-state index contributed by atoms with van der Waals surface area (Å²) in [5.41, 5.74) is 2.05. The second-order valence-electron chi connectivity index (χ2n) is 7.33. The van der Waals surface area contributed by atoms with Crippen molar-refractivity contribution >= 4 is 11.7 Å². The second kappa shape index (κ2) is 8.13. The van der Waals surface area contributed by atoms with E-state index in [1.165, 1.54) is 0 Å². The summed E-state index contributed by atoms with van der Waals surface area (Å²) in [6.45, 7) is 6.71. The minimum absolute atomic E-state index is 0.0211. The highest BCUT2D eigenvalue weighted by molar-refractivity contribution is 5.93. The lowest BCUT2D eigenvalue weighted by molar-refractivity contribution is 0.0693. The van der Waals surface area contributed by atoms with Gasteiger partial charge in [0.25, 0.3) is 5.91 Å². The number of ether oxygens (including phenoxy) is 1. The Morgan fingerprint density at radius 2 is 2.19 bits per heavy atom. The first kappa shape index (κ1) is 18.0. The van der Waals surface area contributed by atoms with Gasteiger partial charge in [0, 0.05) is 49.9 Å². The molecule has 1 saturated heterocycles. The third-order valence-electron chi connectivity index (χ3n) is 5.66. The fraction of sp³-hybridized carbons (Fsp3) is 0.524. The summed E-state index contributed by atoms with van der Waals surface area (Å²) < 4.78 is 11.1. The zero-order valence-electron chi connectivity index (χ0n) is 15.9. The molecule has 0 aliphatic carbocycles. The van der Waals surface area contributed by atoms with Gasteiger partial charge < -0.3 is 19.0 Å². The largest absolute Gasteiger partial charge is 0.458 e. The average molecular weight is 369 g/mol. The number of pyridine rings is 1. The maximum Gasteiger partial charge on any atom is 0.289 e. The van der Waals surface area contributed by atoms with Gasteiger partial charge in [-0.25, -0.2) is 4.98 Å². The van der Waals surface area contributed by atoms with Crippen molar-refractivity contribution in [1.29, 1.82) is 0 Å². The molecule has 0 atom stereocenters. The number of carbonyl (C=O) groups is 1. The third kappa shape index (κ3) is 3.86. The molecule has 4 rings (SSSR count). The van der Waals surface area contributed by atoms with Crippen molar-refractivity contribution in [2.24, 2.45) is 5.92 Å².